The lowest BCUT2D eigenvalue weighted by Crippen LogP contribution is -2.20. The maximum absolute atomic E-state index is 13.2. The van der Waals surface area contributed by atoms with Crippen molar-refractivity contribution in [3.05, 3.63) is 85.8 Å². The Morgan fingerprint density at radius 1 is 1.18 bits per heavy atom. The number of non-ortho nitro benzene ring substituents is 1. The van der Waals surface area contributed by atoms with Crippen molar-refractivity contribution in [1.29, 1.82) is 0 Å². The first-order chi connectivity index (χ1) is 15.8. The maximum atomic E-state index is 13.2. The monoisotopic (exact) mass is 468 g/mol. The van der Waals surface area contributed by atoms with E-state index in [1.54, 1.807) is 18.7 Å². The summed E-state index contributed by atoms with van der Waals surface area (Å²) in [6.07, 6.45) is -0.133. The lowest BCUT2D eigenvalue weighted by molar-refractivity contribution is -0.384. The Morgan fingerprint density at radius 2 is 1.85 bits per heavy atom. The third kappa shape index (κ3) is 5.98. The van der Waals surface area contributed by atoms with Gasteiger partial charge in [0.05, 0.1) is 35.4 Å². The number of aromatic amines is 1. The summed E-state index contributed by atoms with van der Waals surface area (Å²) in [6.45, 7) is 4.25. The molecule has 0 aliphatic carbocycles. The summed E-state index contributed by atoms with van der Waals surface area (Å²) in [4.78, 5) is 41.2. The molecule has 0 saturated heterocycles. The highest BCUT2D eigenvalue weighted by Gasteiger charge is 2.20. The van der Waals surface area contributed by atoms with Crippen molar-refractivity contribution in [3.63, 3.8) is 0 Å². The molecule has 0 atom stereocenters. The molecule has 0 unspecified atom stereocenters. The number of nitrogens with one attached hydrogen (secondary N) is 1. The van der Waals surface area contributed by atoms with E-state index in [1.807, 2.05) is 6.92 Å². The van der Waals surface area contributed by atoms with Gasteiger partial charge >= 0.3 is 5.97 Å². The molecular weight excluding hydrogens is 444 g/mol. The van der Waals surface area contributed by atoms with Gasteiger partial charge in [-0.15, -0.1) is 11.8 Å². The fourth-order valence-electron chi connectivity index (χ4n) is 3.20. The zero-order chi connectivity index (χ0) is 24.0. The number of aliphatic imine (C=N–C) groups is 1. The van der Waals surface area contributed by atoms with Crippen LogP contribution in [0.3, 0.4) is 0 Å². The second-order valence-electron chi connectivity index (χ2n) is 7.26. The SMILES string of the molecule is COC(=O)Cc1[nH]n(-c2ccc([N+](=O)[O-])cc2)c(=O)c1C(C)=NCCSc1ccc(C)cc1. The maximum Gasteiger partial charge on any atom is 0.311 e. The largest absolute Gasteiger partial charge is 0.469 e. The number of nitrogens with zero attached hydrogens (tertiary/aromatic N) is 3. The first-order valence-corrected chi connectivity index (χ1v) is 11.1. The summed E-state index contributed by atoms with van der Waals surface area (Å²) >= 11 is 1.67. The van der Waals surface area contributed by atoms with E-state index >= 15 is 0 Å². The Bertz CT molecular complexity index is 1230. The molecule has 1 N–H and O–H groups in total. The Hall–Kier alpha value is -3.66. The van der Waals surface area contributed by atoms with E-state index in [1.165, 1.54) is 41.6 Å². The van der Waals surface area contributed by atoms with Gasteiger partial charge in [-0.05, 0) is 38.1 Å². The zero-order valence-corrected chi connectivity index (χ0v) is 19.3. The number of carbonyl (C=O) groups is 1. The van der Waals surface area contributed by atoms with Crippen LogP contribution >= 0.6 is 11.8 Å². The van der Waals surface area contributed by atoms with Gasteiger partial charge in [-0.3, -0.25) is 29.8 Å². The minimum absolute atomic E-state index is 0.0859. The molecule has 1 aromatic heterocycles. The molecular formula is C23H24N4O5S. The van der Waals surface area contributed by atoms with E-state index in [2.05, 4.69) is 34.4 Å². The molecule has 0 aliphatic heterocycles. The van der Waals surface area contributed by atoms with Crippen molar-refractivity contribution in [1.82, 2.24) is 9.78 Å². The number of aromatic nitrogens is 2. The Balaban J connectivity index is 1.85. The zero-order valence-electron chi connectivity index (χ0n) is 18.5. The van der Waals surface area contributed by atoms with Crippen molar-refractivity contribution in [2.75, 3.05) is 19.4 Å². The molecule has 0 saturated carbocycles. The number of carbonyl (C=O) groups excluding carboxylic acids is 1. The molecule has 0 fully saturated rings. The molecule has 3 aromatic rings. The number of methoxy groups -OCH3 is 1. The van der Waals surface area contributed by atoms with E-state index in [9.17, 15) is 19.7 Å². The minimum atomic E-state index is -0.513. The van der Waals surface area contributed by atoms with Crippen molar-refractivity contribution in [2.45, 2.75) is 25.2 Å². The van der Waals surface area contributed by atoms with Gasteiger partial charge < -0.3 is 4.74 Å². The van der Waals surface area contributed by atoms with Gasteiger partial charge in [0.15, 0.2) is 0 Å². The molecule has 0 spiro atoms. The molecule has 172 valence electrons. The second kappa shape index (κ2) is 10.8. The molecule has 0 aliphatic rings. The van der Waals surface area contributed by atoms with Crippen LogP contribution in [0.5, 0.6) is 0 Å². The molecule has 33 heavy (non-hydrogen) atoms. The van der Waals surface area contributed by atoms with Crippen molar-refractivity contribution in [2.24, 2.45) is 4.99 Å². The number of H-pyrrole nitrogens is 1. The second-order valence-corrected chi connectivity index (χ2v) is 8.43. The first kappa shape index (κ1) is 24.0. The Morgan fingerprint density at radius 3 is 2.45 bits per heavy atom. The van der Waals surface area contributed by atoms with Gasteiger partial charge in [0.1, 0.15) is 0 Å². The van der Waals surface area contributed by atoms with Gasteiger partial charge in [0, 0.05) is 35.0 Å². The van der Waals surface area contributed by atoms with E-state index in [0.717, 1.165) is 10.6 Å². The summed E-state index contributed by atoms with van der Waals surface area (Å²) in [5, 5.41) is 13.8. The van der Waals surface area contributed by atoms with Crippen LogP contribution < -0.4 is 5.56 Å². The number of thioether (sulfide) groups is 1. The van der Waals surface area contributed by atoms with Crippen LogP contribution in [0, 0.1) is 17.0 Å². The normalized spacial score (nSPS) is 11.4. The van der Waals surface area contributed by atoms with E-state index in [0.29, 0.717) is 29.2 Å². The van der Waals surface area contributed by atoms with Crippen LogP contribution in [0.25, 0.3) is 5.69 Å². The number of rotatable bonds is 9. The number of nitro benzene ring substituents is 1. The van der Waals surface area contributed by atoms with Crippen molar-refractivity contribution < 1.29 is 14.5 Å². The lowest BCUT2D eigenvalue weighted by atomic mass is 10.1. The van der Waals surface area contributed by atoms with Gasteiger partial charge in [0.2, 0.25) is 0 Å². The van der Waals surface area contributed by atoms with Gasteiger partial charge in [-0.1, -0.05) is 17.7 Å². The number of hydrogen-bond acceptors (Lipinski definition) is 7. The van der Waals surface area contributed by atoms with Crippen LogP contribution in [0.1, 0.15) is 23.7 Å². The Labute approximate surface area is 194 Å². The predicted octanol–water partition coefficient (Wildman–Crippen LogP) is 3.70. The highest BCUT2D eigenvalue weighted by atomic mass is 32.2. The molecule has 9 nitrogen and oxygen atoms in total. The number of aryl methyl sites for hydroxylation is 1. The summed E-state index contributed by atoms with van der Waals surface area (Å²) in [7, 11) is 1.27. The number of hydrogen-bond donors (Lipinski definition) is 1. The fraction of sp³-hybridized carbons (Fsp3) is 0.261. The molecule has 3 rings (SSSR count). The summed E-state index contributed by atoms with van der Waals surface area (Å²) in [6, 6.07) is 13.8. The average molecular weight is 469 g/mol. The summed E-state index contributed by atoms with van der Waals surface area (Å²) in [5.41, 5.74) is 2.29. The summed E-state index contributed by atoms with van der Waals surface area (Å²) < 4.78 is 6.00. The molecule has 10 heteroatoms. The number of benzene rings is 2. The van der Waals surface area contributed by atoms with E-state index in [-0.39, 0.29) is 12.1 Å². The van der Waals surface area contributed by atoms with E-state index < -0.39 is 16.5 Å². The number of esters is 1. The molecule has 0 amide bonds. The lowest BCUT2D eigenvalue weighted by Gasteiger charge is -2.03. The third-order valence-electron chi connectivity index (χ3n) is 4.92. The highest BCUT2D eigenvalue weighted by Crippen LogP contribution is 2.18. The van der Waals surface area contributed by atoms with Crippen LogP contribution in [0.15, 0.2) is 63.2 Å². The number of nitro groups is 1. The average Bonchev–Trinajstić information content (AvgIpc) is 3.13. The van der Waals surface area contributed by atoms with Crippen LogP contribution in [-0.2, 0) is 16.0 Å². The van der Waals surface area contributed by atoms with Crippen LogP contribution in [0.2, 0.25) is 0 Å². The van der Waals surface area contributed by atoms with Crippen LogP contribution in [0.4, 0.5) is 5.69 Å². The standard InChI is InChI=1S/C23H24N4O5S/c1-15-4-10-19(11-5-15)33-13-12-24-16(2)22-20(14-21(28)32-3)25-26(23(22)29)17-6-8-18(9-7-17)27(30)31/h4-11,25H,12-14H2,1-3H3. The fourth-order valence-corrected chi connectivity index (χ4v) is 3.94. The van der Waals surface area contributed by atoms with Crippen LogP contribution in [-0.4, -0.2) is 45.8 Å². The summed E-state index contributed by atoms with van der Waals surface area (Å²) in [5.74, 6) is 0.226. The van der Waals surface area contributed by atoms with Crippen molar-refractivity contribution in [3.8, 4) is 5.69 Å². The quantitative estimate of drug-likeness (QED) is 0.128. The molecule has 1 heterocycles. The molecule has 0 bridgehead atoms. The number of ether oxygens (including phenoxy) is 1. The van der Waals surface area contributed by atoms with Gasteiger partial charge in [-0.25, -0.2) is 4.68 Å². The highest BCUT2D eigenvalue weighted by molar-refractivity contribution is 7.99. The minimum Gasteiger partial charge on any atom is -0.469 e. The molecule has 2 aromatic carbocycles. The first-order valence-electron chi connectivity index (χ1n) is 10.2. The van der Waals surface area contributed by atoms with Gasteiger partial charge in [0.25, 0.3) is 11.2 Å². The smallest absolute Gasteiger partial charge is 0.311 e. The van der Waals surface area contributed by atoms with Gasteiger partial charge in [-0.2, -0.15) is 0 Å². The third-order valence-corrected chi connectivity index (χ3v) is 5.92. The predicted molar refractivity (Wildman–Crippen MR) is 128 cm³/mol. The van der Waals surface area contributed by atoms with E-state index in [4.69, 9.17) is 4.74 Å². The Kier molecular flexibility index (Phi) is 7.83. The topological polar surface area (TPSA) is 120 Å². The molecule has 0 radical (unpaired) electrons. The van der Waals surface area contributed by atoms with Crippen molar-refractivity contribution >= 4 is 29.1 Å².